The first-order valence-electron chi connectivity index (χ1n) is 6.57. The summed E-state index contributed by atoms with van der Waals surface area (Å²) in [5.41, 5.74) is -4.10. The topological polar surface area (TPSA) is 49.4 Å². The van der Waals surface area contributed by atoms with E-state index < -0.39 is 17.3 Å². The van der Waals surface area contributed by atoms with Gasteiger partial charge in [0, 0.05) is 11.4 Å². The summed E-state index contributed by atoms with van der Waals surface area (Å²) < 4.78 is 36.9. The van der Waals surface area contributed by atoms with E-state index in [2.05, 4.69) is 11.9 Å². The van der Waals surface area contributed by atoms with E-state index in [-0.39, 0.29) is 33.9 Å². The molecule has 1 saturated heterocycles. The molecule has 1 aromatic rings. The number of benzene rings is 1. The van der Waals surface area contributed by atoms with Gasteiger partial charge < -0.3 is 0 Å². The van der Waals surface area contributed by atoms with E-state index in [1.807, 2.05) is 0 Å². The van der Waals surface area contributed by atoms with Gasteiger partial charge in [0.2, 0.25) is 0 Å². The number of nitrogens with one attached hydrogen (secondary N) is 1. The predicted molar refractivity (Wildman–Crippen MR) is 89.0 cm³/mol. The van der Waals surface area contributed by atoms with E-state index in [9.17, 15) is 22.8 Å². The molecule has 0 unspecified atom stereocenters. The Hall–Kier alpha value is -2.13. The van der Waals surface area contributed by atoms with Crippen molar-refractivity contribution < 1.29 is 22.8 Å². The maximum atomic E-state index is 12.3. The second-order valence-corrected chi connectivity index (χ2v) is 6.16. The van der Waals surface area contributed by atoms with Crippen molar-refractivity contribution in [2.24, 2.45) is 0 Å². The summed E-state index contributed by atoms with van der Waals surface area (Å²) in [6, 6.07) is 5.32. The maximum Gasteiger partial charge on any atom is 0.446 e. The van der Waals surface area contributed by atoms with E-state index >= 15 is 0 Å². The molecule has 0 spiro atoms. The van der Waals surface area contributed by atoms with Crippen molar-refractivity contribution >= 4 is 47.0 Å². The first kappa shape index (κ1) is 18.2. The molecule has 1 fully saturated rings. The van der Waals surface area contributed by atoms with Gasteiger partial charge in [0.25, 0.3) is 11.8 Å². The minimum atomic E-state index is -4.37. The highest BCUT2D eigenvalue weighted by atomic mass is 32.2. The maximum absolute atomic E-state index is 12.3. The molecular formula is C15H11F3N2O2S2. The van der Waals surface area contributed by atoms with Crippen LogP contribution in [0.25, 0.3) is 6.08 Å². The molecule has 126 valence electrons. The van der Waals surface area contributed by atoms with Gasteiger partial charge in [0.1, 0.15) is 5.57 Å². The second-order valence-electron chi connectivity index (χ2n) is 4.64. The molecule has 1 aliphatic heterocycles. The van der Waals surface area contributed by atoms with Gasteiger partial charge in [-0.15, -0.1) is 6.58 Å². The predicted octanol–water partition coefficient (Wildman–Crippen LogP) is 3.11. The number of carbonyl (C=O) groups is 2. The normalized spacial score (nSPS) is 17.2. The molecule has 1 aromatic carbocycles. The standard InChI is InChI=1S/C15H11F3N2O2S2/c1-2-7-20-13(22)11(12(21)19-14(20)23)8-9-3-5-10(6-4-9)24-15(16,17)18/h2-6,8H,1,7H2,(H,19,21,23). The lowest BCUT2D eigenvalue weighted by atomic mass is 10.1. The Balaban J connectivity index is 2.25. The third kappa shape index (κ3) is 4.45. The van der Waals surface area contributed by atoms with E-state index in [0.717, 1.165) is 0 Å². The molecule has 0 aromatic heterocycles. The lowest BCUT2D eigenvalue weighted by Crippen LogP contribution is -2.53. The van der Waals surface area contributed by atoms with Crippen LogP contribution in [0.2, 0.25) is 0 Å². The van der Waals surface area contributed by atoms with Gasteiger partial charge in [0.05, 0.1) is 0 Å². The van der Waals surface area contributed by atoms with Crippen molar-refractivity contribution in [2.45, 2.75) is 10.4 Å². The summed E-state index contributed by atoms with van der Waals surface area (Å²) in [5, 5.41) is 2.37. The van der Waals surface area contributed by atoms with E-state index in [0.29, 0.717) is 5.56 Å². The molecule has 0 aliphatic carbocycles. The molecule has 0 saturated carbocycles. The fourth-order valence-corrected chi connectivity index (χ4v) is 2.71. The second kappa shape index (κ2) is 7.18. The highest BCUT2D eigenvalue weighted by Gasteiger charge is 2.32. The van der Waals surface area contributed by atoms with Gasteiger partial charge in [-0.1, -0.05) is 18.2 Å². The van der Waals surface area contributed by atoms with Gasteiger partial charge in [-0.25, -0.2) is 0 Å². The van der Waals surface area contributed by atoms with E-state index in [1.54, 1.807) is 0 Å². The van der Waals surface area contributed by atoms with Crippen LogP contribution >= 0.6 is 24.0 Å². The van der Waals surface area contributed by atoms with Crippen LogP contribution in [-0.2, 0) is 9.59 Å². The van der Waals surface area contributed by atoms with E-state index in [1.165, 1.54) is 41.3 Å². The fraction of sp³-hybridized carbons (Fsp3) is 0.133. The van der Waals surface area contributed by atoms with Crippen LogP contribution < -0.4 is 5.32 Å². The van der Waals surface area contributed by atoms with Gasteiger partial charge in [-0.05, 0) is 47.8 Å². The third-order valence-electron chi connectivity index (χ3n) is 2.92. The molecule has 4 nitrogen and oxygen atoms in total. The number of rotatable bonds is 4. The van der Waals surface area contributed by atoms with Gasteiger partial charge >= 0.3 is 5.51 Å². The van der Waals surface area contributed by atoms with Crippen LogP contribution in [-0.4, -0.2) is 33.9 Å². The molecule has 1 N–H and O–H groups in total. The quantitative estimate of drug-likeness (QED) is 0.290. The van der Waals surface area contributed by atoms with Crippen LogP contribution in [0, 0.1) is 0 Å². The molecule has 1 heterocycles. The van der Waals surface area contributed by atoms with E-state index in [4.69, 9.17) is 12.2 Å². The van der Waals surface area contributed by atoms with Crippen LogP contribution in [0.5, 0.6) is 0 Å². The van der Waals surface area contributed by atoms with Crippen molar-refractivity contribution in [1.29, 1.82) is 0 Å². The monoisotopic (exact) mass is 372 g/mol. The molecule has 0 atom stereocenters. The zero-order valence-electron chi connectivity index (χ0n) is 12.1. The Morgan fingerprint density at radius 2 is 1.88 bits per heavy atom. The smallest absolute Gasteiger partial charge is 0.298 e. The number of hydrogen-bond donors (Lipinski definition) is 1. The molecule has 9 heteroatoms. The Kier molecular flexibility index (Phi) is 5.45. The highest BCUT2D eigenvalue weighted by Crippen LogP contribution is 2.36. The largest absolute Gasteiger partial charge is 0.446 e. The molecule has 24 heavy (non-hydrogen) atoms. The van der Waals surface area contributed by atoms with Crippen LogP contribution in [0.15, 0.2) is 47.4 Å². The summed E-state index contributed by atoms with van der Waals surface area (Å²) in [4.78, 5) is 25.4. The summed E-state index contributed by atoms with van der Waals surface area (Å²) in [7, 11) is 0. The molecule has 2 amide bonds. The average Bonchev–Trinajstić information content (AvgIpc) is 2.48. The van der Waals surface area contributed by atoms with Crippen molar-refractivity contribution in [1.82, 2.24) is 10.2 Å². The number of nitrogens with zero attached hydrogens (tertiary/aromatic N) is 1. The third-order valence-corrected chi connectivity index (χ3v) is 3.98. The Morgan fingerprint density at radius 3 is 2.42 bits per heavy atom. The van der Waals surface area contributed by atoms with Crippen molar-refractivity contribution in [2.75, 3.05) is 6.54 Å². The SMILES string of the molecule is C=CCN1C(=O)C(=Cc2ccc(SC(F)(F)F)cc2)C(=O)NC1=S. The summed E-state index contributed by atoms with van der Waals surface area (Å²) in [5.74, 6) is -1.24. The lowest BCUT2D eigenvalue weighted by Gasteiger charge is -2.27. The van der Waals surface area contributed by atoms with Crippen molar-refractivity contribution in [3.8, 4) is 0 Å². The fourth-order valence-electron chi connectivity index (χ4n) is 1.92. The zero-order valence-corrected chi connectivity index (χ0v) is 13.7. The number of thioether (sulfide) groups is 1. The van der Waals surface area contributed by atoms with Gasteiger partial charge in [-0.3, -0.25) is 19.8 Å². The summed E-state index contributed by atoms with van der Waals surface area (Å²) in [6.45, 7) is 3.65. The first-order valence-corrected chi connectivity index (χ1v) is 7.79. The Bertz CT molecular complexity index is 727. The summed E-state index contributed by atoms with van der Waals surface area (Å²) in [6.07, 6.45) is 2.76. The average molecular weight is 372 g/mol. The van der Waals surface area contributed by atoms with Crippen LogP contribution in [0.1, 0.15) is 5.56 Å². The molecule has 2 rings (SSSR count). The molecule has 0 bridgehead atoms. The lowest BCUT2D eigenvalue weighted by molar-refractivity contribution is -0.128. The minimum Gasteiger partial charge on any atom is -0.298 e. The minimum absolute atomic E-state index is 0.0125. The molecule has 0 radical (unpaired) electrons. The number of alkyl halides is 3. The Morgan fingerprint density at radius 1 is 1.25 bits per heavy atom. The van der Waals surface area contributed by atoms with Crippen LogP contribution in [0.3, 0.4) is 0 Å². The van der Waals surface area contributed by atoms with Crippen LogP contribution in [0.4, 0.5) is 13.2 Å². The molecular weight excluding hydrogens is 361 g/mol. The zero-order chi connectivity index (χ0) is 17.9. The number of carbonyl (C=O) groups excluding carboxylic acids is 2. The number of amides is 2. The van der Waals surface area contributed by atoms with Crippen molar-refractivity contribution in [3.05, 3.63) is 48.1 Å². The van der Waals surface area contributed by atoms with Crippen molar-refractivity contribution in [3.63, 3.8) is 0 Å². The van der Waals surface area contributed by atoms with Gasteiger partial charge in [-0.2, -0.15) is 13.2 Å². The number of thiocarbonyl (C=S) groups is 1. The highest BCUT2D eigenvalue weighted by molar-refractivity contribution is 8.00. The Labute approximate surface area is 145 Å². The number of halogens is 3. The number of hydrogen-bond acceptors (Lipinski definition) is 4. The summed E-state index contributed by atoms with van der Waals surface area (Å²) >= 11 is 4.68. The molecule has 1 aliphatic rings. The van der Waals surface area contributed by atoms with Gasteiger partial charge in [0.15, 0.2) is 5.11 Å². The first-order chi connectivity index (χ1) is 11.2.